The molecule has 0 aliphatic carbocycles. The summed E-state index contributed by atoms with van der Waals surface area (Å²) in [6, 6.07) is 0. The first-order chi connectivity index (χ1) is 8.87. The summed E-state index contributed by atoms with van der Waals surface area (Å²) in [6.45, 7) is 13.1. The molecular weight excluding hydrogens is 258 g/mol. The highest BCUT2D eigenvalue weighted by molar-refractivity contribution is 5.69. The van der Waals surface area contributed by atoms with E-state index in [1.54, 1.807) is 20.8 Å². The number of hydrogen-bond acceptors (Lipinski definition) is 4. The van der Waals surface area contributed by atoms with Crippen LogP contribution in [-0.4, -0.2) is 23.3 Å². The van der Waals surface area contributed by atoms with Crippen molar-refractivity contribution in [2.24, 2.45) is 5.73 Å². The number of rotatable bonds is 4. The molecule has 0 aliphatic heterocycles. The van der Waals surface area contributed by atoms with Gasteiger partial charge in [0.15, 0.2) is 0 Å². The van der Waals surface area contributed by atoms with Crippen molar-refractivity contribution in [2.45, 2.75) is 85.4 Å². The van der Waals surface area contributed by atoms with Crippen LogP contribution in [0.25, 0.3) is 0 Å². The van der Waals surface area contributed by atoms with Crippen LogP contribution in [0.3, 0.4) is 0 Å². The Balaban J connectivity index is 0. The van der Waals surface area contributed by atoms with E-state index in [-0.39, 0.29) is 11.6 Å². The Hall–Kier alpha value is -1.26. The van der Waals surface area contributed by atoms with Gasteiger partial charge in [0.25, 0.3) is 0 Å². The van der Waals surface area contributed by atoms with Gasteiger partial charge in [0.05, 0.1) is 0 Å². The van der Waals surface area contributed by atoms with E-state index in [1.807, 2.05) is 20.8 Å². The second kappa shape index (κ2) is 9.61. The van der Waals surface area contributed by atoms with Gasteiger partial charge in [0.2, 0.25) is 0 Å². The van der Waals surface area contributed by atoms with Gasteiger partial charge in [-0.2, -0.15) is 0 Å². The molecule has 0 rings (SSSR count). The summed E-state index contributed by atoms with van der Waals surface area (Å²) in [4.78, 5) is 21.1. The molecular formula is C15H31NO4. The molecule has 20 heavy (non-hydrogen) atoms. The first kappa shape index (κ1) is 21.0. The maximum absolute atomic E-state index is 11.1. The van der Waals surface area contributed by atoms with Gasteiger partial charge >= 0.3 is 12.1 Å². The number of unbranched alkanes of at least 4 members (excludes halogenated alkanes) is 2. The van der Waals surface area contributed by atoms with Crippen molar-refractivity contribution >= 4 is 12.1 Å². The number of amides is 1. The Kier molecular flexibility index (Phi) is 10.1. The standard InChI is InChI=1S/C10H20O2.C5H11NO2/c1-5-6-7-8-9(11)12-10(2,3)4;1-5(2,3)8-4(6)7/h5-8H2,1-4H3;1-3H3,(H2,6,7). The third-order valence-corrected chi connectivity index (χ3v) is 1.81. The van der Waals surface area contributed by atoms with Crippen LogP contribution in [0.15, 0.2) is 0 Å². The Labute approximate surface area is 123 Å². The predicted molar refractivity (Wildman–Crippen MR) is 80.4 cm³/mol. The molecule has 0 aromatic rings. The van der Waals surface area contributed by atoms with Crippen molar-refractivity contribution in [3.8, 4) is 0 Å². The van der Waals surface area contributed by atoms with Gasteiger partial charge in [-0.05, 0) is 48.0 Å². The number of carbonyl (C=O) groups excluding carboxylic acids is 2. The molecule has 0 heterocycles. The first-order valence-corrected chi connectivity index (χ1v) is 7.07. The molecule has 1 amide bonds. The molecule has 0 aliphatic rings. The maximum atomic E-state index is 11.1. The van der Waals surface area contributed by atoms with Crippen LogP contribution >= 0.6 is 0 Å². The van der Waals surface area contributed by atoms with Crippen molar-refractivity contribution < 1.29 is 19.1 Å². The summed E-state index contributed by atoms with van der Waals surface area (Å²) in [5.74, 6) is -0.0732. The molecule has 0 radical (unpaired) electrons. The summed E-state index contributed by atoms with van der Waals surface area (Å²) in [5.41, 5.74) is 3.93. The van der Waals surface area contributed by atoms with Gasteiger partial charge in [-0.3, -0.25) is 4.79 Å². The molecule has 0 saturated heterocycles. The Morgan fingerprint density at radius 3 is 1.60 bits per heavy atom. The van der Waals surface area contributed by atoms with Crippen LogP contribution in [0.4, 0.5) is 4.79 Å². The van der Waals surface area contributed by atoms with Crippen LogP contribution in [0.2, 0.25) is 0 Å². The summed E-state index contributed by atoms with van der Waals surface area (Å²) >= 11 is 0. The molecule has 0 saturated carbocycles. The van der Waals surface area contributed by atoms with E-state index in [1.165, 1.54) is 0 Å². The monoisotopic (exact) mass is 289 g/mol. The lowest BCUT2D eigenvalue weighted by Gasteiger charge is -2.19. The van der Waals surface area contributed by atoms with Crippen molar-refractivity contribution in [3.63, 3.8) is 0 Å². The molecule has 120 valence electrons. The van der Waals surface area contributed by atoms with E-state index in [2.05, 4.69) is 11.7 Å². The number of primary amides is 1. The van der Waals surface area contributed by atoms with Crippen molar-refractivity contribution in [1.29, 1.82) is 0 Å². The predicted octanol–water partition coefficient (Wildman–Crippen LogP) is 3.79. The van der Waals surface area contributed by atoms with E-state index in [0.29, 0.717) is 6.42 Å². The summed E-state index contributed by atoms with van der Waals surface area (Å²) < 4.78 is 9.72. The lowest BCUT2D eigenvalue weighted by atomic mass is 10.2. The summed E-state index contributed by atoms with van der Waals surface area (Å²) in [7, 11) is 0. The van der Waals surface area contributed by atoms with Crippen molar-refractivity contribution in [1.82, 2.24) is 0 Å². The quantitative estimate of drug-likeness (QED) is 0.631. The molecule has 0 aromatic heterocycles. The molecule has 0 aromatic carbocycles. The highest BCUT2D eigenvalue weighted by atomic mass is 16.6. The molecule has 2 N–H and O–H groups in total. The fourth-order valence-corrected chi connectivity index (χ4v) is 1.21. The van der Waals surface area contributed by atoms with Gasteiger partial charge in [-0.1, -0.05) is 19.8 Å². The van der Waals surface area contributed by atoms with E-state index >= 15 is 0 Å². The SMILES string of the molecule is CC(C)(C)OC(N)=O.CCCCCC(=O)OC(C)(C)C. The Morgan fingerprint density at radius 2 is 1.35 bits per heavy atom. The minimum Gasteiger partial charge on any atom is -0.460 e. The highest BCUT2D eigenvalue weighted by Gasteiger charge is 2.15. The van der Waals surface area contributed by atoms with E-state index in [4.69, 9.17) is 10.5 Å². The zero-order valence-electron chi connectivity index (χ0n) is 14.0. The number of nitrogens with two attached hydrogens (primary N) is 1. The van der Waals surface area contributed by atoms with Crippen LogP contribution in [0.1, 0.15) is 74.1 Å². The van der Waals surface area contributed by atoms with Gasteiger partial charge in [0, 0.05) is 6.42 Å². The second-order valence-electron chi connectivity index (χ2n) is 6.58. The molecule has 0 atom stereocenters. The highest BCUT2D eigenvalue weighted by Crippen LogP contribution is 2.10. The van der Waals surface area contributed by atoms with Crippen LogP contribution in [0.5, 0.6) is 0 Å². The molecule has 5 heteroatoms. The van der Waals surface area contributed by atoms with Crippen molar-refractivity contribution in [3.05, 3.63) is 0 Å². The largest absolute Gasteiger partial charge is 0.460 e. The maximum Gasteiger partial charge on any atom is 0.405 e. The normalized spacial score (nSPS) is 11.2. The third-order valence-electron chi connectivity index (χ3n) is 1.81. The van der Waals surface area contributed by atoms with Gasteiger partial charge in [-0.15, -0.1) is 0 Å². The van der Waals surface area contributed by atoms with Gasteiger partial charge in [-0.25, -0.2) is 4.79 Å². The number of carbonyl (C=O) groups is 2. The van der Waals surface area contributed by atoms with E-state index < -0.39 is 11.7 Å². The first-order valence-electron chi connectivity index (χ1n) is 7.07. The topological polar surface area (TPSA) is 78.6 Å². The molecule has 5 nitrogen and oxygen atoms in total. The lowest BCUT2D eigenvalue weighted by Crippen LogP contribution is -2.27. The molecule has 0 bridgehead atoms. The van der Waals surface area contributed by atoms with Crippen molar-refractivity contribution in [2.75, 3.05) is 0 Å². The average Bonchev–Trinajstić information content (AvgIpc) is 2.11. The van der Waals surface area contributed by atoms with Crippen LogP contribution in [0, 0.1) is 0 Å². The second-order valence-corrected chi connectivity index (χ2v) is 6.58. The van der Waals surface area contributed by atoms with E-state index in [0.717, 1.165) is 19.3 Å². The zero-order chi connectivity index (χ0) is 16.4. The minimum absolute atomic E-state index is 0.0732. The third kappa shape index (κ3) is 22.0. The molecule has 0 fully saturated rings. The fourth-order valence-electron chi connectivity index (χ4n) is 1.21. The number of ether oxygens (including phenoxy) is 2. The van der Waals surface area contributed by atoms with E-state index in [9.17, 15) is 9.59 Å². The Bertz CT molecular complexity index is 287. The number of esters is 1. The lowest BCUT2D eigenvalue weighted by molar-refractivity contribution is -0.154. The zero-order valence-corrected chi connectivity index (χ0v) is 14.0. The fraction of sp³-hybridized carbons (Fsp3) is 0.867. The van der Waals surface area contributed by atoms with Gasteiger partial charge < -0.3 is 15.2 Å². The average molecular weight is 289 g/mol. The van der Waals surface area contributed by atoms with Gasteiger partial charge in [0.1, 0.15) is 11.2 Å². The van der Waals surface area contributed by atoms with Crippen LogP contribution < -0.4 is 5.73 Å². The Morgan fingerprint density at radius 1 is 0.900 bits per heavy atom. The summed E-state index contributed by atoms with van der Waals surface area (Å²) in [6.07, 6.45) is 3.04. The summed E-state index contributed by atoms with van der Waals surface area (Å²) in [5, 5.41) is 0. The number of hydrogen-bond donors (Lipinski definition) is 1. The smallest absolute Gasteiger partial charge is 0.405 e. The molecule has 0 spiro atoms. The van der Waals surface area contributed by atoms with Crippen LogP contribution in [-0.2, 0) is 14.3 Å². The molecule has 0 unspecified atom stereocenters. The minimum atomic E-state index is -0.725.